The number of hydrogen-bond donors (Lipinski definition) is 1. The Labute approximate surface area is 125 Å². The number of nitrogens with zero attached hydrogens (tertiary/aromatic N) is 3. The fourth-order valence-corrected chi connectivity index (χ4v) is 1.96. The van der Waals surface area contributed by atoms with Crippen molar-refractivity contribution in [2.75, 3.05) is 18.5 Å². The van der Waals surface area contributed by atoms with E-state index in [2.05, 4.69) is 15.5 Å². The van der Waals surface area contributed by atoms with Crippen molar-refractivity contribution in [3.63, 3.8) is 0 Å². The van der Waals surface area contributed by atoms with E-state index in [1.165, 1.54) is 0 Å². The Morgan fingerprint density at radius 3 is 2.52 bits per heavy atom. The fraction of sp³-hybridized carbons (Fsp3) is 0.467. The lowest BCUT2D eigenvalue weighted by atomic mass is 10.2. The van der Waals surface area contributed by atoms with Gasteiger partial charge in [0.05, 0.1) is 25.4 Å². The molecule has 0 aliphatic rings. The van der Waals surface area contributed by atoms with Gasteiger partial charge in [-0.3, -0.25) is 0 Å². The van der Waals surface area contributed by atoms with Crippen LogP contribution in [0, 0.1) is 6.92 Å². The van der Waals surface area contributed by atoms with Crippen LogP contribution < -0.4 is 14.8 Å². The quantitative estimate of drug-likeness (QED) is 0.849. The van der Waals surface area contributed by atoms with E-state index in [1.807, 2.05) is 50.6 Å². The number of aromatic nitrogens is 3. The van der Waals surface area contributed by atoms with Crippen LogP contribution in [0.1, 0.15) is 25.5 Å². The SMILES string of the molecule is CCOc1ccc(OCC)c(NCc2nnc(C)n2C)c1. The van der Waals surface area contributed by atoms with Crippen molar-refractivity contribution < 1.29 is 9.47 Å². The first-order valence-electron chi connectivity index (χ1n) is 7.14. The molecule has 2 aromatic rings. The summed E-state index contributed by atoms with van der Waals surface area (Å²) >= 11 is 0. The zero-order valence-corrected chi connectivity index (χ0v) is 13.0. The number of anilines is 1. The van der Waals surface area contributed by atoms with Crippen molar-refractivity contribution in [1.29, 1.82) is 0 Å². The molecule has 0 bridgehead atoms. The fourth-order valence-electron chi connectivity index (χ4n) is 1.96. The number of aryl methyl sites for hydroxylation is 1. The van der Waals surface area contributed by atoms with Crippen LogP contribution in [0.25, 0.3) is 0 Å². The number of nitrogens with one attached hydrogen (secondary N) is 1. The second-order valence-corrected chi connectivity index (χ2v) is 4.60. The third-order valence-electron chi connectivity index (χ3n) is 3.18. The summed E-state index contributed by atoms with van der Waals surface area (Å²) in [5.74, 6) is 3.38. The van der Waals surface area contributed by atoms with Crippen molar-refractivity contribution >= 4 is 5.69 Å². The summed E-state index contributed by atoms with van der Waals surface area (Å²) in [5.41, 5.74) is 0.892. The summed E-state index contributed by atoms with van der Waals surface area (Å²) in [7, 11) is 1.95. The topological polar surface area (TPSA) is 61.2 Å². The lowest BCUT2D eigenvalue weighted by Crippen LogP contribution is -2.08. The first kappa shape index (κ1) is 15.2. The molecule has 0 atom stereocenters. The molecule has 0 saturated carbocycles. The van der Waals surface area contributed by atoms with Crippen LogP contribution in [-0.4, -0.2) is 28.0 Å². The smallest absolute Gasteiger partial charge is 0.152 e. The van der Waals surface area contributed by atoms with Gasteiger partial charge >= 0.3 is 0 Å². The Morgan fingerprint density at radius 1 is 1.14 bits per heavy atom. The van der Waals surface area contributed by atoms with E-state index in [0.717, 1.165) is 28.8 Å². The number of benzene rings is 1. The third-order valence-corrected chi connectivity index (χ3v) is 3.18. The second kappa shape index (κ2) is 6.97. The van der Waals surface area contributed by atoms with Gasteiger partial charge in [0.1, 0.15) is 17.3 Å². The molecule has 0 saturated heterocycles. The van der Waals surface area contributed by atoms with E-state index < -0.39 is 0 Å². The minimum absolute atomic E-state index is 0.576. The van der Waals surface area contributed by atoms with Gasteiger partial charge in [0, 0.05) is 13.1 Å². The predicted molar refractivity (Wildman–Crippen MR) is 81.8 cm³/mol. The second-order valence-electron chi connectivity index (χ2n) is 4.60. The highest BCUT2D eigenvalue weighted by Gasteiger charge is 2.09. The van der Waals surface area contributed by atoms with Gasteiger partial charge in [0.15, 0.2) is 5.82 Å². The zero-order valence-electron chi connectivity index (χ0n) is 13.0. The van der Waals surface area contributed by atoms with E-state index in [-0.39, 0.29) is 0 Å². The van der Waals surface area contributed by atoms with Gasteiger partial charge in [-0.15, -0.1) is 10.2 Å². The van der Waals surface area contributed by atoms with Crippen LogP contribution in [-0.2, 0) is 13.6 Å². The molecule has 1 aromatic heterocycles. The van der Waals surface area contributed by atoms with Crippen LogP contribution in [0.3, 0.4) is 0 Å². The molecule has 6 heteroatoms. The van der Waals surface area contributed by atoms with Crippen LogP contribution in [0.15, 0.2) is 18.2 Å². The molecule has 0 aliphatic heterocycles. The monoisotopic (exact) mass is 290 g/mol. The summed E-state index contributed by atoms with van der Waals surface area (Å²) in [4.78, 5) is 0. The van der Waals surface area contributed by atoms with Gasteiger partial charge in [-0.25, -0.2) is 0 Å². The molecule has 1 aromatic carbocycles. The number of ether oxygens (including phenoxy) is 2. The Hall–Kier alpha value is -2.24. The number of rotatable bonds is 7. The van der Waals surface area contributed by atoms with Crippen LogP contribution in [0.5, 0.6) is 11.5 Å². The Kier molecular flexibility index (Phi) is 5.03. The Bertz CT molecular complexity index is 595. The van der Waals surface area contributed by atoms with Crippen molar-refractivity contribution in [3.05, 3.63) is 29.8 Å². The summed E-state index contributed by atoms with van der Waals surface area (Å²) in [6.07, 6.45) is 0. The van der Waals surface area contributed by atoms with Crippen LogP contribution in [0.2, 0.25) is 0 Å². The van der Waals surface area contributed by atoms with E-state index >= 15 is 0 Å². The molecule has 6 nitrogen and oxygen atoms in total. The molecule has 0 unspecified atom stereocenters. The van der Waals surface area contributed by atoms with Crippen molar-refractivity contribution in [2.45, 2.75) is 27.3 Å². The van der Waals surface area contributed by atoms with Gasteiger partial charge in [-0.2, -0.15) is 0 Å². The third kappa shape index (κ3) is 3.65. The molecule has 1 heterocycles. The highest BCUT2D eigenvalue weighted by molar-refractivity contribution is 5.59. The molecule has 0 spiro atoms. The lowest BCUT2D eigenvalue weighted by molar-refractivity contribution is 0.332. The minimum atomic E-state index is 0.576. The average Bonchev–Trinajstić information content (AvgIpc) is 2.79. The van der Waals surface area contributed by atoms with E-state index in [1.54, 1.807) is 0 Å². The molecular formula is C15H22N4O2. The van der Waals surface area contributed by atoms with E-state index in [0.29, 0.717) is 19.8 Å². The van der Waals surface area contributed by atoms with Gasteiger partial charge < -0.3 is 19.4 Å². The maximum Gasteiger partial charge on any atom is 0.152 e. The zero-order chi connectivity index (χ0) is 15.2. The molecule has 21 heavy (non-hydrogen) atoms. The molecule has 114 valence electrons. The number of hydrogen-bond acceptors (Lipinski definition) is 5. The van der Waals surface area contributed by atoms with E-state index in [4.69, 9.17) is 9.47 Å². The van der Waals surface area contributed by atoms with Crippen molar-refractivity contribution in [2.24, 2.45) is 7.05 Å². The standard InChI is InChI=1S/C15H22N4O2/c1-5-20-12-7-8-14(21-6-2)13(9-12)16-10-15-18-17-11(3)19(15)4/h7-9,16H,5-6,10H2,1-4H3. The maximum atomic E-state index is 5.63. The van der Waals surface area contributed by atoms with Crippen LogP contribution >= 0.6 is 0 Å². The normalized spacial score (nSPS) is 10.5. The molecule has 0 aliphatic carbocycles. The predicted octanol–water partition coefficient (Wildman–Crippen LogP) is 2.53. The molecule has 0 fully saturated rings. The van der Waals surface area contributed by atoms with E-state index in [9.17, 15) is 0 Å². The first-order chi connectivity index (χ1) is 10.2. The lowest BCUT2D eigenvalue weighted by Gasteiger charge is -2.14. The Balaban J connectivity index is 2.16. The Morgan fingerprint density at radius 2 is 1.90 bits per heavy atom. The average molecular weight is 290 g/mol. The summed E-state index contributed by atoms with van der Waals surface area (Å²) in [6, 6.07) is 5.77. The highest BCUT2D eigenvalue weighted by Crippen LogP contribution is 2.29. The minimum Gasteiger partial charge on any atom is -0.494 e. The molecule has 2 rings (SSSR count). The summed E-state index contributed by atoms with van der Waals surface area (Å²) in [6.45, 7) is 7.69. The molecule has 1 N–H and O–H groups in total. The summed E-state index contributed by atoms with van der Waals surface area (Å²) in [5, 5.41) is 11.5. The van der Waals surface area contributed by atoms with Crippen LogP contribution in [0.4, 0.5) is 5.69 Å². The largest absolute Gasteiger partial charge is 0.494 e. The molecule has 0 radical (unpaired) electrons. The van der Waals surface area contributed by atoms with Gasteiger partial charge in [0.2, 0.25) is 0 Å². The molecular weight excluding hydrogens is 268 g/mol. The summed E-state index contributed by atoms with van der Waals surface area (Å²) < 4.78 is 13.1. The first-order valence-corrected chi connectivity index (χ1v) is 7.14. The van der Waals surface area contributed by atoms with Crippen molar-refractivity contribution in [3.8, 4) is 11.5 Å². The van der Waals surface area contributed by atoms with Crippen molar-refractivity contribution in [1.82, 2.24) is 14.8 Å². The van der Waals surface area contributed by atoms with Gasteiger partial charge in [-0.1, -0.05) is 0 Å². The highest BCUT2D eigenvalue weighted by atomic mass is 16.5. The maximum absolute atomic E-state index is 5.63. The van der Waals surface area contributed by atoms with Gasteiger partial charge in [-0.05, 0) is 32.9 Å². The van der Waals surface area contributed by atoms with Gasteiger partial charge in [0.25, 0.3) is 0 Å². The molecule has 0 amide bonds.